The number of furan rings is 1. The van der Waals surface area contributed by atoms with E-state index in [-0.39, 0.29) is 16.9 Å². The first kappa shape index (κ1) is 26.8. The number of hydrogen-bond acceptors (Lipinski definition) is 8. The lowest BCUT2D eigenvalue weighted by molar-refractivity contribution is -0.116. The topological polar surface area (TPSA) is 126 Å². The summed E-state index contributed by atoms with van der Waals surface area (Å²) < 4.78 is 5.34. The average molecular weight is 548 g/mol. The fourth-order valence-corrected chi connectivity index (χ4v) is 4.93. The van der Waals surface area contributed by atoms with E-state index < -0.39 is 11.8 Å². The van der Waals surface area contributed by atoms with Crippen molar-refractivity contribution in [1.82, 2.24) is 15.5 Å². The molecule has 3 amide bonds. The minimum absolute atomic E-state index is 0.0185. The first-order valence-electron chi connectivity index (χ1n) is 11.7. The van der Waals surface area contributed by atoms with Crippen LogP contribution in [0.3, 0.4) is 0 Å². The number of anilines is 2. The van der Waals surface area contributed by atoms with Gasteiger partial charge in [-0.15, -0.1) is 22.0 Å². The fraction of sp³-hybridized carbons (Fsp3) is 0.148. The van der Waals surface area contributed by atoms with Gasteiger partial charge in [-0.2, -0.15) is 0 Å². The first-order chi connectivity index (χ1) is 18.4. The highest BCUT2D eigenvalue weighted by Crippen LogP contribution is 2.29. The van der Waals surface area contributed by atoms with Gasteiger partial charge in [-0.05, 0) is 55.8 Å². The smallest absolute Gasteiger partial charge is 0.272 e. The van der Waals surface area contributed by atoms with E-state index in [0.29, 0.717) is 28.6 Å². The summed E-state index contributed by atoms with van der Waals surface area (Å²) in [4.78, 5) is 39.5. The predicted molar refractivity (Wildman–Crippen MR) is 149 cm³/mol. The molecule has 38 heavy (non-hydrogen) atoms. The maximum absolute atomic E-state index is 13.2. The summed E-state index contributed by atoms with van der Waals surface area (Å²) in [5.74, 6) is -0.708. The SMILES string of the molecule is CCC(Sc1cccc(NC(=O)/C(=C/c2ccco2)NC(=O)c2ccccc2)c1)C(=O)Nc1nnc(C)s1. The highest BCUT2D eigenvalue weighted by molar-refractivity contribution is 8.00. The van der Waals surface area contributed by atoms with Crippen molar-refractivity contribution >= 4 is 57.7 Å². The Bertz CT molecular complexity index is 1430. The molecule has 0 fully saturated rings. The number of carbonyl (C=O) groups excluding carboxylic acids is 3. The summed E-state index contributed by atoms with van der Waals surface area (Å²) >= 11 is 2.69. The predicted octanol–water partition coefficient (Wildman–Crippen LogP) is 5.36. The number of nitrogens with zero attached hydrogens (tertiary/aromatic N) is 2. The standard InChI is InChI=1S/C27H25N5O4S2/c1-3-23(26(35)30-27-32-31-17(2)37-27)38-21-13-7-11-19(15-21)28-25(34)22(16-20-12-8-14-36-20)29-24(33)18-9-5-4-6-10-18/h4-16,23H,3H2,1-2H3,(H,28,34)(H,29,33)(H,30,32,35)/b22-16-. The number of nitrogens with one attached hydrogen (secondary N) is 3. The van der Waals surface area contributed by atoms with Crippen molar-refractivity contribution in [3.8, 4) is 0 Å². The van der Waals surface area contributed by atoms with Crippen LogP contribution in [-0.4, -0.2) is 33.2 Å². The van der Waals surface area contributed by atoms with Crippen LogP contribution in [-0.2, 0) is 9.59 Å². The highest BCUT2D eigenvalue weighted by Gasteiger charge is 2.20. The van der Waals surface area contributed by atoms with Crippen LogP contribution in [0.25, 0.3) is 6.08 Å². The van der Waals surface area contributed by atoms with E-state index in [4.69, 9.17) is 4.42 Å². The van der Waals surface area contributed by atoms with E-state index >= 15 is 0 Å². The minimum Gasteiger partial charge on any atom is -0.465 e. The van der Waals surface area contributed by atoms with E-state index in [0.717, 1.165) is 9.90 Å². The second-order valence-corrected chi connectivity index (χ2v) is 10.5. The molecule has 0 aliphatic heterocycles. The molecule has 2 aromatic heterocycles. The lowest BCUT2D eigenvalue weighted by Gasteiger charge is -2.15. The second-order valence-electron chi connectivity index (χ2n) is 8.01. The van der Waals surface area contributed by atoms with Crippen LogP contribution in [0, 0.1) is 6.92 Å². The van der Waals surface area contributed by atoms with E-state index in [2.05, 4.69) is 26.1 Å². The lowest BCUT2D eigenvalue weighted by atomic mass is 10.2. The lowest BCUT2D eigenvalue weighted by Crippen LogP contribution is -2.30. The molecule has 2 aromatic carbocycles. The van der Waals surface area contributed by atoms with Crippen LogP contribution in [0.15, 0.2) is 88.0 Å². The normalized spacial score (nSPS) is 12.0. The second kappa shape index (κ2) is 12.8. The van der Waals surface area contributed by atoms with Crippen molar-refractivity contribution in [1.29, 1.82) is 0 Å². The molecule has 0 radical (unpaired) electrons. The van der Waals surface area contributed by atoms with Crippen LogP contribution < -0.4 is 16.0 Å². The van der Waals surface area contributed by atoms with Crippen LogP contribution in [0.4, 0.5) is 10.8 Å². The van der Waals surface area contributed by atoms with Gasteiger partial charge in [-0.25, -0.2) is 0 Å². The summed E-state index contributed by atoms with van der Waals surface area (Å²) in [6.07, 6.45) is 3.53. The van der Waals surface area contributed by atoms with Crippen molar-refractivity contribution in [3.63, 3.8) is 0 Å². The number of carbonyl (C=O) groups is 3. The quantitative estimate of drug-likeness (QED) is 0.180. The molecule has 194 valence electrons. The van der Waals surface area contributed by atoms with Gasteiger partial charge in [0.1, 0.15) is 16.5 Å². The maximum Gasteiger partial charge on any atom is 0.272 e. The van der Waals surface area contributed by atoms with Crippen molar-refractivity contribution in [3.05, 3.63) is 95.0 Å². The molecule has 4 rings (SSSR count). The number of thioether (sulfide) groups is 1. The molecule has 0 aliphatic carbocycles. The molecule has 0 saturated carbocycles. The van der Waals surface area contributed by atoms with Crippen LogP contribution in [0.2, 0.25) is 0 Å². The number of aromatic nitrogens is 2. The van der Waals surface area contributed by atoms with E-state index in [1.807, 2.05) is 19.9 Å². The van der Waals surface area contributed by atoms with Crippen LogP contribution in [0.5, 0.6) is 0 Å². The Morgan fingerprint density at radius 1 is 1.03 bits per heavy atom. The molecule has 11 heteroatoms. The maximum atomic E-state index is 13.2. The molecule has 0 aliphatic rings. The molecule has 4 aromatic rings. The molecule has 1 atom stereocenters. The summed E-state index contributed by atoms with van der Waals surface area (Å²) in [6.45, 7) is 3.75. The van der Waals surface area contributed by atoms with Gasteiger partial charge in [0.15, 0.2) is 0 Å². The van der Waals surface area contributed by atoms with Crippen molar-refractivity contribution in [2.75, 3.05) is 10.6 Å². The summed E-state index contributed by atoms with van der Waals surface area (Å²) in [5, 5.41) is 17.0. The van der Waals surface area contributed by atoms with Crippen molar-refractivity contribution in [2.45, 2.75) is 30.4 Å². The zero-order chi connectivity index (χ0) is 26.9. The van der Waals surface area contributed by atoms with E-state index in [1.165, 1.54) is 35.4 Å². The zero-order valence-electron chi connectivity index (χ0n) is 20.6. The Morgan fingerprint density at radius 2 is 1.84 bits per heavy atom. The third kappa shape index (κ3) is 7.40. The van der Waals surface area contributed by atoms with Gasteiger partial charge >= 0.3 is 0 Å². The number of amides is 3. The Balaban J connectivity index is 1.46. The van der Waals surface area contributed by atoms with Gasteiger partial charge < -0.3 is 15.1 Å². The molecule has 0 bridgehead atoms. The minimum atomic E-state index is -0.524. The van der Waals surface area contributed by atoms with Crippen LogP contribution >= 0.6 is 23.1 Å². The van der Waals surface area contributed by atoms with E-state index in [9.17, 15) is 14.4 Å². The number of hydrogen-bond donors (Lipinski definition) is 3. The Morgan fingerprint density at radius 3 is 2.53 bits per heavy atom. The third-order valence-corrected chi connectivity index (χ3v) is 7.26. The Labute approximate surface area is 227 Å². The van der Waals surface area contributed by atoms with Crippen molar-refractivity contribution in [2.24, 2.45) is 0 Å². The monoisotopic (exact) mass is 547 g/mol. The van der Waals surface area contributed by atoms with Gasteiger partial charge in [-0.1, -0.05) is 42.5 Å². The summed E-state index contributed by atoms with van der Waals surface area (Å²) in [7, 11) is 0. The van der Waals surface area contributed by atoms with Gasteiger partial charge in [0.25, 0.3) is 11.8 Å². The zero-order valence-corrected chi connectivity index (χ0v) is 22.3. The molecule has 9 nitrogen and oxygen atoms in total. The van der Waals surface area contributed by atoms with Gasteiger partial charge in [0, 0.05) is 22.2 Å². The molecule has 0 spiro atoms. The molecule has 1 unspecified atom stereocenters. The molecule has 3 N–H and O–H groups in total. The number of benzene rings is 2. The van der Waals surface area contributed by atoms with Gasteiger partial charge in [-0.3, -0.25) is 19.7 Å². The number of rotatable bonds is 10. The molecule has 2 heterocycles. The largest absolute Gasteiger partial charge is 0.465 e. The Kier molecular flexibility index (Phi) is 9.07. The Hall–Kier alpha value is -4.22. The first-order valence-corrected chi connectivity index (χ1v) is 13.4. The van der Waals surface area contributed by atoms with Crippen LogP contribution in [0.1, 0.15) is 34.5 Å². The average Bonchev–Trinajstić information content (AvgIpc) is 3.59. The van der Waals surface area contributed by atoms with Crippen molar-refractivity contribution < 1.29 is 18.8 Å². The summed E-state index contributed by atoms with van der Waals surface area (Å²) in [6, 6.07) is 19.1. The number of aryl methyl sites for hydroxylation is 1. The van der Waals surface area contributed by atoms with Gasteiger partial charge in [0.2, 0.25) is 11.0 Å². The highest BCUT2D eigenvalue weighted by atomic mass is 32.2. The fourth-order valence-electron chi connectivity index (χ4n) is 3.32. The molecule has 0 saturated heterocycles. The third-order valence-electron chi connectivity index (χ3n) is 5.15. The molecular formula is C27H25N5O4S2. The summed E-state index contributed by atoms with van der Waals surface area (Å²) in [5.41, 5.74) is 0.941. The molecular weight excluding hydrogens is 522 g/mol. The van der Waals surface area contributed by atoms with E-state index in [1.54, 1.807) is 60.7 Å². The van der Waals surface area contributed by atoms with Gasteiger partial charge in [0.05, 0.1) is 11.5 Å².